The number of rotatable bonds is 5. The van der Waals surface area contributed by atoms with E-state index in [0.717, 1.165) is 16.9 Å². The summed E-state index contributed by atoms with van der Waals surface area (Å²) in [6.07, 6.45) is 0.118. The van der Waals surface area contributed by atoms with E-state index in [1.54, 1.807) is 6.07 Å². The van der Waals surface area contributed by atoms with Crippen molar-refractivity contribution >= 4 is 5.69 Å². The fourth-order valence-corrected chi connectivity index (χ4v) is 1.97. The molecule has 2 aromatic carbocycles. The summed E-state index contributed by atoms with van der Waals surface area (Å²) in [5.74, 6) is 0.606. The Hall–Kier alpha value is -2.03. The molecule has 106 valence electrons. The summed E-state index contributed by atoms with van der Waals surface area (Å²) in [6, 6.07) is 13.0. The lowest BCUT2D eigenvalue weighted by Crippen LogP contribution is -2.09. The highest BCUT2D eigenvalue weighted by molar-refractivity contribution is 5.47. The lowest BCUT2D eigenvalue weighted by molar-refractivity contribution is 0.240. The molecule has 2 nitrogen and oxygen atoms in total. The van der Waals surface area contributed by atoms with Crippen LogP contribution in [0.4, 0.5) is 10.1 Å². The van der Waals surface area contributed by atoms with E-state index in [0.29, 0.717) is 12.2 Å². The van der Waals surface area contributed by atoms with Gasteiger partial charge in [0.1, 0.15) is 11.6 Å². The van der Waals surface area contributed by atoms with E-state index in [2.05, 4.69) is 5.32 Å². The summed E-state index contributed by atoms with van der Waals surface area (Å²) in [6.45, 7) is 6.38. The Morgan fingerprint density at radius 1 is 1.15 bits per heavy atom. The molecule has 0 bridgehead atoms. The number of hydrogen-bond acceptors (Lipinski definition) is 2. The Bertz CT molecular complexity index is 581. The van der Waals surface area contributed by atoms with Gasteiger partial charge in [0, 0.05) is 12.1 Å². The van der Waals surface area contributed by atoms with Crippen molar-refractivity contribution in [2.45, 2.75) is 33.4 Å². The van der Waals surface area contributed by atoms with Gasteiger partial charge in [-0.15, -0.1) is 0 Å². The van der Waals surface area contributed by atoms with Gasteiger partial charge in [0.2, 0.25) is 0 Å². The summed E-state index contributed by atoms with van der Waals surface area (Å²) in [5.41, 5.74) is 2.44. The van der Waals surface area contributed by atoms with Crippen LogP contribution in [-0.2, 0) is 6.54 Å². The maximum atomic E-state index is 13.8. The largest absolute Gasteiger partial charge is 0.491 e. The number of nitrogens with one attached hydrogen (secondary N) is 1. The van der Waals surface area contributed by atoms with Crippen LogP contribution in [0.25, 0.3) is 0 Å². The third-order valence-corrected chi connectivity index (χ3v) is 2.93. The molecule has 0 aliphatic heterocycles. The zero-order valence-electron chi connectivity index (χ0n) is 12.1. The van der Waals surface area contributed by atoms with Crippen LogP contribution in [0.3, 0.4) is 0 Å². The van der Waals surface area contributed by atoms with Gasteiger partial charge in [0.15, 0.2) is 0 Å². The molecule has 1 N–H and O–H groups in total. The minimum absolute atomic E-state index is 0.118. The number of para-hydroxylation sites is 1. The predicted octanol–water partition coefficient (Wildman–Crippen LogP) is 4.53. The maximum absolute atomic E-state index is 13.8. The van der Waals surface area contributed by atoms with Crippen molar-refractivity contribution in [1.29, 1.82) is 0 Å². The molecule has 0 aromatic heterocycles. The predicted molar refractivity (Wildman–Crippen MR) is 80.7 cm³/mol. The van der Waals surface area contributed by atoms with Gasteiger partial charge in [0.25, 0.3) is 0 Å². The first-order valence-corrected chi connectivity index (χ1v) is 6.81. The van der Waals surface area contributed by atoms with Crippen molar-refractivity contribution in [1.82, 2.24) is 0 Å². The Balaban J connectivity index is 2.10. The first-order valence-electron chi connectivity index (χ1n) is 6.81. The number of ether oxygens (including phenoxy) is 1. The summed E-state index contributed by atoms with van der Waals surface area (Å²) in [5, 5.41) is 3.12. The van der Waals surface area contributed by atoms with Gasteiger partial charge < -0.3 is 10.1 Å². The van der Waals surface area contributed by atoms with Gasteiger partial charge in [0.05, 0.1) is 11.8 Å². The molecule has 0 amide bonds. The van der Waals surface area contributed by atoms with Crippen molar-refractivity contribution in [3.8, 4) is 5.75 Å². The van der Waals surface area contributed by atoms with Gasteiger partial charge in [-0.3, -0.25) is 0 Å². The van der Waals surface area contributed by atoms with Crippen LogP contribution in [-0.4, -0.2) is 6.10 Å². The van der Waals surface area contributed by atoms with Crippen molar-refractivity contribution < 1.29 is 9.13 Å². The van der Waals surface area contributed by atoms with Crippen LogP contribution in [0.1, 0.15) is 25.0 Å². The van der Waals surface area contributed by atoms with Crippen LogP contribution < -0.4 is 10.1 Å². The van der Waals surface area contributed by atoms with E-state index < -0.39 is 0 Å². The number of benzene rings is 2. The zero-order chi connectivity index (χ0) is 14.5. The SMILES string of the molecule is Cc1ccc(NCc2ccccc2OC(C)C)c(F)c1. The highest BCUT2D eigenvalue weighted by atomic mass is 19.1. The average Bonchev–Trinajstić information content (AvgIpc) is 2.39. The average molecular weight is 273 g/mol. The molecule has 0 heterocycles. The normalized spacial score (nSPS) is 10.7. The van der Waals surface area contributed by atoms with Gasteiger partial charge in [-0.25, -0.2) is 4.39 Å². The molecule has 0 radical (unpaired) electrons. The summed E-state index contributed by atoms with van der Waals surface area (Å²) < 4.78 is 19.5. The fourth-order valence-electron chi connectivity index (χ4n) is 1.97. The van der Waals surface area contributed by atoms with Crippen molar-refractivity contribution in [2.24, 2.45) is 0 Å². The number of hydrogen-bond donors (Lipinski definition) is 1. The van der Waals surface area contributed by atoms with Crippen LogP contribution in [0.5, 0.6) is 5.75 Å². The molecule has 20 heavy (non-hydrogen) atoms. The second kappa shape index (κ2) is 6.42. The first kappa shape index (κ1) is 14.4. The van der Waals surface area contributed by atoms with E-state index in [1.807, 2.05) is 51.1 Å². The van der Waals surface area contributed by atoms with Gasteiger partial charge in [-0.05, 0) is 44.5 Å². The van der Waals surface area contributed by atoms with Crippen molar-refractivity contribution in [3.63, 3.8) is 0 Å². The molecule has 2 aromatic rings. The highest BCUT2D eigenvalue weighted by Crippen LogP contribution is 2.22. The third kappa shape index (κ3) is 3.73. The molecule has 0 atom stereocenters. The van der Waals surface area contributed by atoms with Crippen LogP contribution in [0.2, 0.25) is 0 Å². The van der Waals surface area contributed by atoms with Gasteiger partial charge in [-0.2, -0.15) is 0 Å². The Labute approximate surface area is 119 Å². The second-order valence-corrected chi connectivity index (χ2v) is 5.11. The lowest BCUT2D eigenvalue weighted by Gasteiger charge is -2.15. The smallest absolute Gasteiger partial charge is 0.146 e. The minimum atomic E-state index is -0.229. The van der Waals surface area contributed by atoms with E-state index in [4.69, 9.17) is 4.74 Å². The van der Waals surface area contributed by atoms with Crippen molar-refractivity contribution in [3.05, 3.63) is 59.4 Å². The van der Waals surface area contributed by atoms with Crippen molar-refractivity contribution in [2.75, 3.05) is 5.32 Å². The zero-order valence-corrected chi connectivity index (χ0v) is 12.1. The Morgan fingerprint density at radius 2 is 1.90 bits per heavy atom. The molecular formula is C17H20FNO. The minimum Gasteiger partial charge on any atom is -0.491 e. The standard InChI is InChI=1S/C17H20FNO/c1-12(2)20-17-7-5-4-6-14(17)11-19-16-9-8-13(3)10-15(16)18/h4-10,12,19H,11H2,1-3H3. The summed E-state index contributed by atoms with van der Waals surface area (Å²) in [4.78, 5) is 0. The molecule has 0 aliphatic carbocycles. The van der Waals surface area contributed by atoms with Gasteiger partial charge >= 0.3 is 0 Å². The van der Waals surface area contributed by atoms with Crippen LogP contribution in [0, 0.1) is 12.7 Å². The van der Waals surface area contributed by atoms with E-state index >= 15 is 0 Å². The van der Waals surface area contributed by atoms with E-state index in [9.17, 15) is 4.39 Å². The monoisotopic (exact) mass is 273 g/mol. The molecule has 0 aliphatic rings. The Kier molecular flexibility index (Phi) is 4.61. The molecular weight excluding hydrogens is 253 g/mol. The molecule has 0 saturated carbocycles. The van der Waals surface area contributed by atoms with E-state index in [1.165, 1.54) is 6.07 Å². The van der Waals surface area contributed by atoms with Gasteiger partial charge in [-0.1, -0.05) is 24.3 Å². The third-order valence-electron chi connectivity index (χ3n) is 2.93. The molecule has 0 spiro atoms. The quantitative estimate of drug-likeness (QED) is 0.864. The highest BCUT2D eigenvalue weighted by Gasteiger charge is 2.06. The summed E-state index contributed by atoms with van der Waals surface area (Å²) in [7, 11) is 0. The fraction of sp³-hybridized carbons (Fsp3) is 0.294. The molecule has 3 heteroatoms. The molecule has 0 unspecified atom stereocenters. The Morgan fingerprint density at radius 3 is 2.60 bits per heavy atom. The second-order valence-electron chi connectivity index (χ2n) is 5.11. The maximum Gasteiger partial charge on any atom is 0.146 e. The number of halogens is 1. The van der Waals surface area contributed by atoms with E-state index in [-0.39, 0.29) is 11.9 Å². The molecule has 0 saturated heterocycles. The lowest BCUT2D eigenvalue weighted by atomic mass is 10.1. The number of aryl methyl sites for hydroxylation is 1. The number of anilines is 1. The summed E-state index contributed by atoms with van der Waals surface area (Å²) >= 11 is 0. The molecule has 2 rings (SSSR count). The van der Waals surface area contributed by atoms with Crippen LogP contribution >= 0.6 is 0 Å². The first-order chi connectivity index (χ1) is 9.56. The topological polar surface area (TPSA) is 21.3 Å². The van der Waals surface area contributed by atoms with Crippen LogP contribution in [0.15, 0.2) is 42.5 Å². The molecule has 0 fully saturated rings.